The number of hydrogen-bond acceptors (Lipinski definition) is 9. The van der Waals surface area contributed by atoms with Gasteiger partial charge in [0.05, 0.1) is 24.3 Å². The molecule has 190 valence electrons. The molecule has 0 aromatic heterocycles. The van der Waals surface area contributed by atoms with Crippen LogP contribution in [0.5, 0.6) is 5.75 Å². The van der Waals surface area contributed by atoms with E-state index in [4.69, 9.17) is 8.92 Å². The maximum absolute atomic E-state index is 13.2. The zero-order chi connectivity index (χ0) is 26.0. The minimum atomic E-state index is -3.97. The number of rotatable bonds is 9. The molecule has 2 aliphatic rings. The summed E-state index contributed by atoms with van der Waals surface area (Å²) in [6.45, 7) is 3.50. The normalized spacial score (nSPS) is 17.8. The van der Waals surface area contributed by atoms with E-state index in [9.17, 15) is 27.6 Å². The van der Waals surface area contributed by atoms with Crippen LogP contribution in [0.4, 0.5) is 0 Å². The van der Waals surface area contributed by atoms with Gasteiger partial charge in [0.15, 0.2) is 0 Å². The van der Waals surface area contributed by atoms with Gasteiger partial charge in [0, 0.05) is 17.1 Å². The zero-order valence-electron chi connectivity index (χ0n) is 19.6. The minimum Gasteiger partial charge on any atom is -0.491 e. The number of benzene rings is 2. The third-order valence-corrected chi connectivity index (χ3v) is 8.11. The SMILES string of the molecule is CCOS(=O)(=O)c1ccc(C)cc1OCCSc1cccc2c1C(=O)N(C1CCC(=O)NC1=O)C2=O. The van der Waals surface area contributed by atoms with E-state index in [1.165, 1.54) is 23.9 Å². The van der Waals surface area contributed by atoms with Crippen molar-refractivity contribution in [1.29, 1.82) is 0 Å². The number of nitrogens with zero attached hydrogens (tertiary/aromatic N) is 1. The first-order valence-electron chi connectivity index (χ1n) is 11.2. The number of aryl methyl sites for hydroxylation is 1. The van der Waals surface area contributed by atoms with Crippen molar-refractivity contribution in [3.05, 3.63) is 53.1 Å². The Morgan fingerprint density at radius 2 is 1.89 bits per heavy atom. The van der Waals surface area contributed by atoms with E-state index in [2.05, 4.69) is 5.32 Å². The van der Waals surface area contributed by atoms with E-state index in [1.807, 2.05) is 6.92 Å². The molecule has 1 fully saturated rings. The molecule has 0 saturated carbocycles. The van der Waals surface area contributed by atoms with Crippen LogP contribution in [0, 0.1) is 6.92 Å². The highest BCUT2D eigenvalue weighted by molar-refractivity contribution is 7.99. The molecule has 0 radical (unpaired) electrons. The number of amides is 4. The maximum atomic E-state index is 13.2. The molecule has 0 bridgehead atoms. The number of nitrogens with one attached hydrogen (secondary N) is 1. The molecule has 2 aromatic rings. The molecule has 2 heterocycles. The summed E-state index contributed by atoms with van der Waals surface area (Å²) >= 11 is 1.27. The molecule has 1 N–H and O–H groups in total. The molecule has 1 unspecified atom stereocenters. The predicted molar refractivity (Wildman–Crippen MR) is 129 cm³/mol. The largest absolute Gasteiger partial charge is 0.491 e. The van der Waals surface area contributed by atoms with Gasteiger partial charge in [-0.2, -0.15) is 8.42 Å². The monoisotopic (exact) mass is 532 g/mol. The Balaban J connectivity index is 1.47. The van der Waals surface area contributed by atoms with Crippen molar-refractivity contribution in [2.45, 2.75) is 42.5 Å². The van der Waals surface area contributed by atoms with E-state index in [1.54, 1.807) is 31.2 Å². The lowest BCUT2D eigenvalue weighted by molar-refractivity contribution is -0.136. The average molecular weight is 533 g/mol. The van der Waals surface area contributed by atoms with Crippen molar-refractivity contribution < 1.29 is 36.5 Å². The van der Waals surface area contributed by atoms with Gasteiger partial charge in [0.1, 0.15) is 16.7 Å². The van der Waals surface area contributed by atoms with Crippen LogP contribution in [0.15, 0.2) is 46.2 Å². The second-order valence-electron chi connectivity index (χ2n) is 8.13. The summed E-state index contributed by atoms with van der Waals surface area (Å²) < 4.78 is 35.4. The second-order valence-corrected chi connectivity index (χ2v) is 10.9. The summed E-state index contributed by atoms with van der Waals surface area (Å²) in [4.78, 5) is 51.3. The van der Waals surface area contributed by atoms with Gasteiger partial charge >= 0.3 is 10.1 Å². The van der Waals surface area contributed by atoms with Gasteiger partial charge in [-0.3, -0.25) is 33.6 Å². The highest BCUT2D eigenvalue weighted by atomic mass is 32.2. The van der Waals surface area contributed by atoms with Crippen LogP contribution in [-0.2, 0) is 23.9 Å². The molecular formula is C24H24N2O8S2. The van der Waals surface area contributed by atoms with Crippen molar-refractivity contribution in [3.63, 3.8) is 0 Å². The number of ether oxygens (including phenoxy) is 1. The lowest BCUT2D eigenvalue weighted by Crippen LogP contribution is -2.54. The van der Waals surface area contributed by atoms with Crippen LogP contribution >= 0.6 is 11.8 Å². The smallest absolute Gasteiger partial charge is 0.300 e. The molecule has 10 nitrogen and oxygen atoms in total. The summed E-state index contributed by atoms with van der Waals surface area (Å²) in [7, 11) is -3.97. The van der Waals surface area contributed by atoms with Crippen molar-refractivity contribution in [3.8, 4) is 5.75 Å². The summed E-state index contributed by atoms with van der Waals surface area (Å²) in [6.07, 6.45) is 0.124. The Labute approximate surface area is 212 Å². The molecule has 0 aliphatic carbocycles. The first-order chi connectivity index (χ1) is 17.1. The van der Waals surface area contributed by atoms with Gasteiger partial charge in [-0.1, -0.05) is 12.1 Å². The lowest BCUT2D eigenvalue weighted by Gasteiger charge is -2.27. The van der Waals surface area contributed by atoms with Crippen molar-refractivity contribution in [1.82, 2.24) is 10.2 Å². The van der Waals surface area contributed by atoms with Crippen LogP contribution in [0.2, 0.25) is 0 Å². The number of carbonyl (C=O) groups excluding carboxylic acids is 4. The molecule has 0 spiro atoms. The minimum absolute atomic E-state index is 0.00674. The Morgan fingerprint density at radius 1 is 1.11 bits per heavy atom. The highest BCUT2D eigenvalue weighted by Gasteiger charge is 2.45. The molecular weight excluding hydrogens is 508 g/mol. The van der Waals surface area contributed by atoms with E-state index >= 15 is 0 Å². The number of fused-ring (bicyclic) bond motifs is 1. The third-order valence-electron chi connectivity index (χ3n) is 5.67. The Hall–Kier alpha value is -3.22. The molecule has 4 rings (SSSR count). The third kappa shape index (κ3) is 5.01. The standard InChI is InChI=1S/C24H24N2O8S2/c1-3-34-36(31,32)19-9-7-14(2)13-17(19)33-11-12-35-18-6-4-5-15-21(18)24(30)26(23(15)29)16-8-10-20(27)25-22(16)28/h4-7,9,13,16H,3,8,10-12H2,1-2H3,(H,25,27,28). The zero-order valence-corrected chi connectivity index (χ0v) is 21.2. The fraction of sp³-hybridized carbons (Fsp3) is 0.333. The van der Waals surface area contributed by atoms with Crippen LogP contribution in [0.3, 0.4) is 0 Å². The topological polar surface area (TPSA) is 136 Å². The van der Waals surface area contributed by atoms with Gasteiger partial charge in [0.25, 0.3) is 11.8 Å². The number of imide groups is 2. The van der Waals surface area contributed by atoms with Gasteiger partial charge in [-0.25, -0.2) is 0 Å². The summed E-state index contributed by atoms with van der Waals surface area (Å²) in [5.41, 5.74) is 1.21. The number of thioether (sulfide) groups is 1. The molecule has 2 aliphatic heterocycles. The van der Waals surface area contributed by atoms with Crippen LogP contribution in [0.25, 0.3) is 0 Å². The lowest BCUT2D eigenvalue weighted by atomic mass is 10.0. The van der Waals surface area contributed by atoms with Gasteiger partial charge in [0.2, 0.25) is 11.8 Å². The van der Waals surface area contributed by atoms with Crippen molar-refractivity contribution in [2.75, 3.05) is 19.0 Å². The first-order valence-corrected chi connectivity index (χ1v) is 13.6. The average Bonchev–Trinajstić information content (AvgIpc) is 3.07. The van der Waals surface area contributed by atoms with E-state index < -0.39 is 39.8 Å². The molecule has 2 aromatic carbocycles. The summed E-state index contributed by atoms with van der Waals surface area (Å²) in [5.74, 6) is -1.75. The number of carbonyl (C=O) groups is 4. The summed E-state index contributed by atoms with van der Waals surface area (Å²) in [5, 5.41) is 2.18. The molecule has 1 saturated heterocycles. The van der Waals surface area contributed by atoms with E-state index in [0.29, 0.717) is 10.6 Å². The predicted octanol–water partition coefficient (Wildman–Crippen LogP) is 2.29. The van der Waals surface area contributed by atoms with E-state index in [0.717, 1.165) is 10.5 Å². The van der Waals surface area contributed by atoms with Crippen molar-refractivity contribution >= 4 is 45.5 Å². The van der Waals surface area contributed by atoms with Crippen LogP contribution in [-0.4, -0.2) is 62.0 Å². The second kappa shape index (κ2) is 10.4. The maximum Gasteiger partial charge on any atom is 0.300 e. The van der Waals surface area contributed by atoms with E-state index in [-0.39, 0.29) is 47.8 Å². The number of piperidine rings is 1. The fourth-order valence-electron chi connectivity index (χ4n) is 4.06. The van der Waals surface area contributed by atoms with Gasteiger partial charge < -0.3 is 4.74 Å². The Bertz CT molecular complexity index is 1360. The van der Waals surface area contributed by atoms with Crippen LogP contribution < -0.4 is 10.1 Å². The molecule has 36 heavy (non-hydrogen) atoms. The molecule has 1 atom stereocenters. The number of hydrogen-bond donors (Lipinski definition) is 1. The molecule has 4 amide bonds. The van der Waals surface area contributed by atoms with Gasteiger partial charge in [-0.15, -0.1) is 11.8 Å². The van der Waals surface area contributed by atoms with Crippen molar-refractivity contribution in [2.24, 2.45) is 0 Å². The molecule has 12 heteroatoms. The Morgan fingerprint density at radius 3 is 2.61 bits per heavy atom. The Kier molecular flexibility index (Phi) is 7.48. The highest BCUT2D eigenvalue weighted by Crippen LogP contribution is 2.34. The van der Waals surface area contributed by atoms with Crippen LogP contribution in [0.1, 0.15) is 46.0 Å². The first kappa shape index (κ1) is 25.9. The summed E-state index contributed by atoms with van der Waals surface area (Å²) in [6, 6.07) is 8.52. The van der Waals surface area contributed by atoms with Gasteiger partial charge in [-0.05, 0) is 50.1 Å². The quantitative estimate of drug-likeness (QED) is 0.223. The fourth-order valence-corrected chi connectivity index (χ4v) is 6.00.